The fraction of sp³-hybridized carbons (Fsp3) is 0.125. The highest BCUT2D eigenvalue weighted by atomic mass is 16.5. The molecule has 0 radical (unpaired) electrons. The van der Waals surface area contributed by atoms with Gasteiger partial charge in [0.25, 0.3) is 0 Å². The monoisotopic (exact) mass is 293 g/mol. The maximum Gasteiger partial charge on any atom is 0.239 e. The molecule has 0 bridgehead atoms. The smallest absolute Gasteiger partial charge is 0.239 e. The Kier molecular flexibility index (Phi) is 3.01. The normalized spacial score (nSPS) is 13.6. The molecule has 6 heteroatoms. The van der Waals surface area contributed by atoms with Crippen LogP contribution < -0.4 is 20.9 Å². The molecule has 2 aromatic carbocycles. The second-order valence-corrected chi connectivity index (χ2v) is 5.00. The fourth-order valence-electron chi connectivity index (χ4n) is 2.72. The standard InChI is InChI=1S/C16H15N5O/c17-20-16-18-12-6-2-1-5-11(12)15(19-16)21-9-10-22-14-8-4-3-7-13(14)21/h1-8H,9-10,17H2,(H,18,19,20). The van der Waals surface area contributed by atoms with Crippen molar-refractivity contribution in [2.24, 2.45) is 5.84 Å². The predicted octanol–water partition coefficient (Wildman–Crippen LogP) is 2.45. The summed E-state index contributed by atoms with van der Waals surface area (Å²) in [7, 11) is 0. The summed E-state index contributed by atoms with van der Waals surface area (Å²) in [6.07, 6.45) is 0. The van der Waals surface area contributed by atoms with Gasteiger partial charge in [0.15, 0.2) is 0 Å². The van der Waals surface area contributed by atoms with Gasteiger partial charge in [0.05, 0.1) is 17.7 Å². The summed E-state index contributed by atoms with van der Waals surface area (Å²) in [5.41, 5.74) is 4.39. The molecule has 110 valence electrons. The molecule has 1 aromatic heterocycles. The van der Waals surface area contributed by atoms with Crippen molar-refractivity contribution in [1.82, 2.24) is 9.97 Å². The van der Waals surface area contributed by atoms with Gasteiger partial charge in [0.1, 0.15) is 18.2 Å². The van der Waals surface area contributed by atoms with Crippen LogP contribution in [-0.2, 0) is 0 Å². The Hall–Kier alpha value is -2.86. The number of ether oxygens (including phenoxy) is 1. The molecule has 0 saturated carbocycles. The molecule has 0 saturated heterocycles. The molecule has 0 unspecified atom stereocenters. The van der Waals surface area contributed by atoms with Crippen molar-refractivity contribution in [3.8, 4) is 5.75 Å². The maximum absolute atomic E-state index is 5.72. The molecule has 0 aliphatic carbocycles. The number of nitrogen functional groups attached to an aromatic ring is 1. The lowest BCUT2D eigenvalue weighted by Gasteiger charge is -2.31. The lowest BCUT2D eigenvalue weighted by atomic mass is 10.2. The average molecular weight is 293 g/mol. The van der Waals surface area contributed by atoms with Gasteiger partial charge in [-0.2, -0.15) is 4.98 Å². The van der Waals surface area contributed by atoms with E-state index in [0.29, 0.717) is 12.6 Å². The van der Waals surface area contributed by atoms with Gasteiger partial charge in [0.2, 0.25) is 5.95 Å². The van der Waals surface area contributed by atoms with Crippen LogP contribution in [0.4, 0.5) is 17.5 Å². The van der Waals surface area contributed by atoms with Crippen LogP contribution >= 0.6 is 0 Å². The van der Waals surface area contributed by atoms with E-state index in [2.05, 4.69) is 20.3 Å². The third kappa shape index (κ3) is 2.01. The molecule has 22 heavy (non-hydrogen) atoms. The minimum Gasteiger partial charge on any atom is -0.490 e. The first kappa shape index (κ1) is 12.8. The predicted molar refractivity (Wildman–Crippen MR) is 86.3 cm³/mol. The number of nitrogens with two attached hydrogens (primary N) is 1. The number of hydrazine groups is 1. The van der Waals surface area contributed by atoms with E-state index in [-0.39, 0.29) is 0 Å². The molecule has 3 aromatic rings. The number of fused-ring (bicyclic) bond motifs is 2. The van der Waals surface area contributed by atoms with Crippen LogP contribution in [0.25, 0.3) is 10.9 Å². The van der Waals surface area contributed by atoms with E-state index in [1.807, 2.05) is 48.5 Å². The number of rotatable bonds is 2. The van der Waals surface area contributed by atoms with Gasteiger partial charge in [0, 0.05) is 5.39 Å². The molecule has 2 heterocycles. The van der Waals surface area contributed by atoms with E-state index >= 15 is 0 Å². The van der Waals surface area contributed by atoms with Gasteiger partial charge in [-0.3, -0.25) is 5.43 Å². The zero-order chi connectivity index (χ0) is 14.9. The molecule has 4 rings (SSSR count). The van der Waals surface area contributed by atoms with Crippen molar-refractivity contribution in [2.45, 2.75) is 0 Å². The molecule has 0 spiro atoms. The number of hydrogen-bond donors (Lipinski definition) is 2. The summed E-state index contributed by atoms with van der Waals surface area (Å²) in [6, 6.07) is 15.9. The first-order chi connectivity index (χ1) is 10.9. The number of nitrogens with one attached hydrogen (secondary N) is 1. The zero-order valence-electron chi connectivity index (χ0n) is 11.9. The van der Waals surface area contributed by atoms with E-state index in [0.717, 1.165) is 34.7 Å². The molecular formula is C16H15N5O. The second kappa shape index (κ2) is 5.16. The number of para-hydroxylation sites is 3. The number of benzene rings is 2. The maximum atomic E-state index is 5.72. The Morgan fingerprint density at radius 1 is 1.05 bits per heavy atom. The van der Waals surface area contributed by atoms with Crippen LogP contribution in [0.2, 0.25) is 0 Å². The van der Waals surface area contributed by atoms with E-state index in [4.69, 9.17) is 10.6 Å². The Bertz CT molecular complexity index is 836. The van der Waals surface area contributed by atoms with Crippen LogP contribution in [0.3, 0.4) is 0 Å². The first-order valence-corrected chi connectivity index (χ1v) is 7.09. The zero-order valence-corrected chi connectivity index (χ0v) is 11.9. The number of nitrogens with zero attached hydrogens (tertiary/aromatic N) is 3. The minimum absolute atomic E-state index is 0.401. The summed E-state index contributed by atoms with van der Waals surface area (Å²) in [6.45, 7) is 1.34. The Morgan fingerprint density at radius 2 is 1.86 bits per heavy atom. The van der Waals surface area contributed by atoms with Crippen LogP contribution in [-0.4, -0.2) is 23.1 Å². The van der Waals surface area contributed by atoms with Crippen molar-refractivity contribution in [1.29, 1.82) is 0 Å². The third-order valence-corrected chi connectivity index (χ3v) is 3.70. The summed E-state index contributed by atoms with van der Waals surface area (Å²) in [5.74, 6) is 7.60. The average Bonchev–Trinajstić information content (AvgIpc) is 2.60. The van der Waals surface area contributed by atoms with Gasteiger partial charge >= 0.3 is 0 Å². The quantitative estimate of drug-likeness (QED) is 0.558. The molecule has 0 amide bonds. The molecule has 1 aliphatic rings. The number of hydrogen-bond acceptors (Lipinski definition) is 6. The van der Waals surface area contributed by atoms with Gasteiger partial charge in [-0.1, -0.05) is 24.3 Å². The first-order valence-electron chi connectivity index (χ1n) is 7.09. The Labute approximate surface area is 127 Å². The van der Waals surface area contributed by atoms with Crippen molar-refractivity contribution >= 4 is 28.4 Å². The Morgan fingerprint density at radius 3 is 2.77 bits per heavy atom. The summed E-state index contributed by atoms with van der Waals surface area (Å²) in [4.78, 5) is 11.1. The highest BCUT2D eigenvalue weighted by molar-refractivity contribution is 5.93. The SMILES string of the molecule is NNc1nc(N2CCOc3ccccc32)c2ccccc2n1. The van der Waals surface area contributed by atoms with Crippen LogP contribution in [0, 0.1) is 0 Å². The van der Waals surface area contributed by atoms with Gasteiger partial charge < -0.3 is 9.64 Å². The van der Waals surface area contributed by atoms with E-state index in [1.54, 1.807) is 0 Å². The lowest BCUT2D eigenvalue weighted by molar-refractivity contribution is 0.314. The van der Waals surface area contributed by atoms with Crippen molar-refractivity contribution in [3.05, 3.63) is 48.5 Å². The topological polar surface area (TPSA) is 76.3 Å². The molecule has 3 N–H and O–H groups in total. The fourth-order valence-corrected chi connectivity index (χ4v) is 2.72. The minimum atomic E-state index is 0.401. The summed E-state index contributed by atoms with van der Waals surface area (Å²) in [5, 5.41) is 0.984. The Balaban J connectivity index is 1.95. The molecular weight excluding hydrogens is 278 g/mol. The lowest BCUT2D eigenvalue weighted by Crippen LogP contribution is -2.29. The van der Waals surface area contributed by atoms with Crippen LogP contribution in [0.1, 0.15) is 0 Å². The highest BCUT2D eigenvalue weighted by Crippen LogP contribution is 2.38. The highest BCUT2D eigenvalue weighted by Gasteiger charge is 2.22. The molecule has 0 atom stereocenters. The molecule has 1 aliphatic heterocycles. The van der Waals surface area contributed by atoms with Crippen LogP contribution in [0.15, 0.2) is 48.5 Å². The molecule has 0 fully saturated rings. The summed E-state index contributed by atoms with van der Waals surface area (Å²) < 4.78 is 5.72. The van der Waals surface area contributed by atoms with E-state index in [1.165, 1.54) is 0 Å². The van der Waals surface area contributed by atoms with Gasteiger partial charge in [-0.05, 0) is 24.3 Å². The second-order valence-electron chi connectivity index (χ2n) is 5.00. The largest absolute Gasteiger partial charge is 0.490 e. The number of anilines is 3. The van der Waals surface area contributed by atoms with Gasteiger partial charge in [-0.25, -0.2) is 10.8 Å². The summed E-state index contributed by atoms with van der Waals surface area (Å²) >= 11 is 0. The van der Waals surface area contributed by atoms with Crippen molar-refractivity contribution in [3.63, 3.8) is 0 Å². The third-order valence-electron chi connectivity index (χ3n) is 3.70. The van der Waals surface area contributed by atoms with Gasteiger partial charge in [-0.15, -0.1) is 0 Å². The molecule has 6 nitrogen and oxygen atoms in total. The van der Waals surface area contributed by atoms with E-state index < -0.39 is 0 Å². The number of aromatic nitrogens is 2. The van der Waals surface area contributed by atoms with Crippen LogP contribution in [0.5, 0.6) is 5.75 Å². The van der Waals surface area contributed by atoms with Crippen molar-refractivity contribution in [2.75, 3.05) is 23.5 Å². The van der Waals surface area contributed by atoms with E-state index in [9.17, 15) is 0 Å². The van der Waals surface area contributed by atoms with Crippen molar-refractivity contribution < 1.29 is 4.74 Å².